The number of pyridine rings is 2. The summed E-state index contributed by atoms with van der Waals surface area (Å²) in [7, 11) is 0. The van der Waals surface area contributed by atoms with Gasteiger partial charge in [-0.05, 0) is 123 Å². The first kappa shape index (κ1) is 44.7. The van der Waals surface area contributed by atoms with E-state index in [-0.39, 0.29) is 17.7 Å². The zero-order valence-corrected chi connectivity index (χ0v) is 37.7. The maximum Gasteiger partial charge on any atom is 0.253 e. The van der Waals surface area contributed by atoms with Crippen molar-refractivity contribution >= 4 is 58.0 Å². The smallest absolute Gasteiger partial charge is 0.253 e. The van der Waals surface area contributed by atoms with Crippen LogP contribution >= 0.6 is 0 Å². The number of amides is 3. The molecule has 3 amide bonds. The monoisotopic (exact) mass is 881 g/mol. The highest BCUT2D eigenvalue weighted by molar-refractivity contribution is 5.95. The largest absolute Gasteiger partial charge is 0.339 e. The molecule has 3 N–H and O–H groups in total. The number of anilines is 5. The zero-order valence-electron chi connectivity index (χ0n) is 37.7. The number of hydrogen-bond donors (Lipinski definition) is 3. The van der Waals surface area contributed by atoms with Crippen LogP contribution in [0.2, 0.25) is 0 Å². The van der Waals surface area contributed by atoms with E-state index in [0.717, 1.165) is 103 Å². The van der Waals surface area contributed by atoms with Gasteiger partial charge in [-0.2, -0.15) is 9.97 Å². The van der Waals surface area contributed by atoms with Crippen LogP contribution in [0.1, 0.15) is 80.0 Å². The second-order valence-electron chi connectivity index (χ2n) is 16.0. The van der Waals surface area contributed by atoms with E-state index >= 15 is 0 Å². The Morgan fingerprint density at radius 1 is 0.455 bits per heavy atom. The highest BCUT2D eigenvalue weighted by Crippen LogP contribution is 2.26. The molecule has 8 aromatic rings. The minimum atomic E-state index is -0.112. The lowest BCUT2D eigenvalue weighted by atomic mass is 10.1. The summed E-state index contributed by atoms with van der Waals surface area (Å²) in [5, 5.41) is 18.5. The molecule has 0 unspecified atom stereocenters. The summed E-state index contributed by atoms with van der Waals surface area (Å²) in [6.07, 6.45) is 6.76. The molecule has 336 valence electrons. The molecule has 2 aliphatic rings. The Hall–Kier alpha value is -7.87. The molecule has 14 heteroatoms. The van der Waals surface area contributed by atoms with Gasteiger partial charge in [0, 0.05) is 72.4 Å². The Kier molecular flexibility index (Phi) is 14.4. The normalized spacial score (nSPS) is 13.5. The van der Waals surface area contributed by atoms with Crippen LogP contribution < -0.4 is 16.0 Å². The highest BCUT2D eigenvalue weighted by Gasteiger charge is 2.20. The fourth-order valence-corrected chi connectivity index (χ4v) is 8.10. The summed E-state index contributed by atoms with van der Waals surface area (Å²) in [6.45, 7) is 8.87. The molecule has 4 aromatic carbocycles. The predicted octanol–water partition coefficient (Wildman–Crippen LogP) is 10.5. The van der Waals surface area contributed by atoms with Crippen molar-refractivity contribution in [3.05, 3.63) is 151 Å². The van der Waals surface area contributed by atoms with E-state index in [1.165, 1.54) is 19.8 Å². The van der Waals surface area contributed by atoms with Gasteiger partial charge < -0.3 is 25.8 Å². The van der Waals surface area contributed by atoms with Crippen molar-refractivity contribution in [3.63, 3.8) is 0 Å². The Morgan fingerprint density at radius 2 is 0.864 bits per heavy atom. The topological polar surface area (TPSA) is 154 Å². The summed E-state index contributed by atoms with van der Waals surface area (Å²) < 4.78 is 3.61. The molecule has 10 rings (SSSR count). The molecule has 0 spiro atoms. The van der Waals surface area contributed by atoms with Crippen molar-refractivity contribution in [2.75, 3.05) is 42.1 Å². The molecule has 0 radical (unpaired) electrons. The van der Waals surface area contributed by atoms with E-state index in [4.69, 9.17) is 0 Å². The van der Waals surface area contributed by atoms with Crippen LogP contribution in [0, 0.1) is 0 Å². The van der Waals surface area contributed by atoms with E-state index in [0.29, 0.717) is 23.1 Å². The maximum atomic E-state index is 12.8. The molecule has 2 aliphatic heterocycles. The molecule has 0 atom stereocenters. The zero-order chi connectivity index (χ0) is 45.8. The van der Waals surface area contributed by atoms with E-state index in [1.807, 2.05) is 168 Å². The molecule has 2 fully saturated rings. The number of nitrogens with one attached hydrogen (secondary N) is 3. The highest BCUT2D eigenvalue weighted by atomic mass is 16.2. The van der Waals surface area contributed by atoms with Crippen molar-refractivity contribution in [2.45, 2.75) is 59.3 Å². The Morgan fingerprint density at radius 3 is 1.29 bits per heavy atom. The average Bonchev–Trinajstić information content (AvgIpc) is 3.99. The Bertz CT molecular complexity index is 2880. The number of aromatic nitrogens is 6. The van der Waals surface area contributed by atoms with Gasteiger partial charge in [0.15, 0.2) is 11.3 Å². The summed E-state index contributed by atoms with van der Waals surface area (Å²) in [6, 6.07) is 44.4. The lowest BCUT2D eigenvalue weighted by molar-refractivity contribution is -0.114. The predicted molar refractivity (Wildman–Crippen MR) is 261 cm³/mol. The third-order valence-corrected chi connectivity index (χ3v) is 11.4. The third kappa shape index (κ3) is 10.7. The molecule has 6 heterocycles. The van der Waals surface area contributed by atoms with E-state index in [9.17, 15) is 14.4 Å². The Balaban J connectivity index is 0.000000174. The number of benzene rings is 4. The second-order valence-corrected chi connectivity index (χ2v) is 16.0. The van der Waals surface area contributed by atoms with Crippen molar-refractivity contribution in [2.24, 2.45) is 0 Å². The Labute approximate surface area is 384 Å². The number of piperidine rings is 2. The summed E-state index contributed by atoms with van der Waals surface area (Å²) in [5.41, 5.74) is 9.16. The van der Waals surface area contributed by atoms with Gasteiger partial charge in [0.25, 0.3) is 11.8 Å². The van der Waals surface area contributed by atoms with Crippen molar-refractivity contribution in [1.29, 1.82) is 0 Å². The van der Waals surface area contributed by atoms with Crippen molar-refractivity contribution < 1.29 is 14.4 Å². The molecular formula is C52H55N11O3. The molecule has 66 heavy (non-hydrogen) atoms. The van der Waals surface area contributed by atoms with Gasteiger partial charge in [-0.15, -0.1) is 10.2 Å². The number of nitrogens with zero attached hydrogens (tertiary/aromatic N) is 8. The van der Waals surface area contributed by atoms with Crippen LogP contribution in [0.4, 0.5) is 29.0 Å². The molecular weight excluding hydrogens is 827 g/mol. The first-order valence-corrected chi connectivity index (χ1v) is 22.8. The molecule has 4 aromatic heterocycles. The summed E-state index contributed by atoms with van der Waals surface area (Å²) in [5.74, 6) is 1.12. The van der Waals surface area contributed by atoms with Crippen molar-refractivity contribution in [3.8, 4) is 22.5 Å². The molecule has 0 bridgehead atoms. The maximum absolute atomic E-state index is 12.8. The van der Waals surface area contributed by atoms with Gasteiger partial charge in [0.05, 0.1) is 11.4 Å². The number of likely N-dealkylation sites (tertiary alicyclic amines) is 2. The van der Waals surface area contributed by atoms with Gasteiger partial charge in [-0.25, -0.2) is 9.03 Å². The van der Waals surface area contributed by atoms with Gasteiger partial charge in [0.1, 0.15) is 0 Å². The number of carbonyl (C=O) groups is 3. The van der Waals surface area contributed by atoms with Crippen LogP contribution in [0.15, 0.2) is 140 Å². The fraction of sp³-hybridized carbons (Fsp3) is 0.250. The molecule has 0 saturated carbocycles. The SMILES string of the molecule is CC.CC(=O)Nc1ccc(Nc2nc3cccc(-c4ccc(C(=O)N5CCCCC5)cc4)n3n2)cc1.O=C(c1ccc(-c2cccc3nc(Nc4ccccc4)nn23)cc1)N1CCCCC1. The first-order chi connectivity index (χ1) is 32.3. The molecule has 2 saturated heterocycles. The summed E-state index contributed by atoms with van der Waals surface area (Å²) in [4.78, 5) is 49.8. The van der Waals surface area contributed by atoms with Gasteiger partial charge in [-0.1, -0.05) is 68.4 Å². The first-order valence-electron chi connectivity index (χ1n) is 22.8. The quantitative estimate of drug-likeness (QED) is 0.129. The van der Waals surface area contributed by atoms with E-state index in [1.54, 1.807) is 4.52 Å². The van der Waals surface area contributed by atoms with Crippen LogP contribution in [-0.2, 0) is 4.79 Å². The summed E-state index contributed by atoms with van der Waals surface area (Å²) >= 11 is 0. The minimum Gasteiger partial charge on any atom is -0.339 e. The van der Waals surface area contributed by atoms with E-state index < -0.39 is 0 Å². The van der Waals surface area contributed by atoms with Crippen LogP contribution in [0.25, 0.3) is 33.8 Å². The average molecular weight is 882 g/mol. The van der Waals surface area contributed by atoms with Crippen molar-refractivity contribution in [1.82, 2.24) is 39.0 Å². The lowest BCUT2D eigenvalue weighted by Crippen LogP contribution is -2.35. The van der Waals surface area contributed by atoms with Crippen LogP contribution in [0.5, 0.6) is 0 Å². The van der Waals surface area contributed by atoms with Gasteiger partial charge in [-0.3, -0.25) is 14.4 Å². The lowest BCUT2D eigenvalue weighted by Gasteiger charge is -2.26. The van der Waals surface area contributed by atoms with Crippen LogP contribution in [-0.4, -0.2) is 82.9 Å². The number of rotatable bonds is 9. The number of para-hydroxylation sites is 1. The minimum absolute atomic E-state index is 0.0984. The van der Waals surface area contributed by atoms with E-state index in [2.05, 4.69) is 36.1 Å². The fourth-order valence-electron chi connectivity index (χ4n) is 8.10. The third-order valence-electron chi connectivity index (χ3n) is 11.4. The van der Waals surface area contributed by atoms with Gasteiger partial charge >= 0.3 is 0 Å². The van der Waals surface area contributed by atoms with Crippen LogP contribution in [0.3, 0.4) is 0 Å². The number of hydrogen-bond acceptors (Lipinski definition) is 9. The number of carbonyl (C=O) groups excluding carboxylic acids is 3. The standard InChI is InChI=1S/C26H26N6O2.C24H23N5O.C2H6/c1-18(33)27-21-12-14-22(15-13-21)28-26-29-24-7-5-6-23(32(24)30-26)19-8-10-20(11-9-19)25(34)31-16-3-2-4-17-31;30-23(28-16-5-2-6-17-28)19-14-12-18(13-15-19)21-10-7-11-22-26-24(27-29(21)22)25-20-8-3-1-4-9-20;1-2/h5-15H,2-4,16-17H2,1H3,(H,27,33)(H,28,30);1,3-4,7-15H,2,5-6,16-17H2,(H,25,27);1-2H3. The molecule has 14 nitrogen and oxygen atoms in total. The second kappa shape index (κ2) is 21.2. The molecule has 0 aliphatic carbocycles. The van der Waals surface area contributed by atoms with Gasteiger partial charge in [0.2, 0.25) is 17.8 Å². The number of fused-ring (bicyclic) bond motifs is 2.